The number of aromatic nitrogens is 3. The third kappa shape index (κ3) is 2.51. The summed E-state index contributed by atoms with van der Waals surface area (Å²) >= 11 is 0. The minimum absolute atomic E-state index is 0.00249. The second kappa shape index (κ2) is 6.41. The van der Waals surface area contributed by atoms with E-state index >= 15 is 0 Å². The molecular formula is C23H27N5O2. The molecule has 0 radical (unpaired) electrons. The van der Waals surface area contributed by atoms with Crippen molar-refractivity contribution in [3.05, 3.63) is 48.8 Å². The molecule has 30 heavy (non-hydrogen) atoms. The maximum atomic E-state index is 13.7. The number of piperidine rings is 1. The summed E-state index contributed by atoms with van der Waals surface area (Å²) in [5.74, 6) is 1.23. The van der Waals surface area contributed by atoms with Crippen molar-refractivity contribution in [2.24, 2.45) is 5.41 Å². The predicted octanol–water partition coefficient (Wildman–Crippen LogP) is 2.94. The van der Waals surface area contributed by atoms with E-state index < -0.39 is 5.60 Å². The van der Waals surface area contributed by atoms with Crippen molar-refractivity contribution in [2.75, 3.05) is 18.0 Å². The van der Waals surface area contributed by atoms with Gasteiger partial charge in [0.15, 0.2) is 11.2 Å². The van der Waals surface area contributed by atoms with Crippen molar-refractivity contribution in [2.45, 2.75) is 56.9 Å². The third-order valence-corrected chi connectivity index (χ3v) is 7.53. The molecule has 3 fully saturated rings. The number of nitrogens with zero attached hydrogens (tertiary/aromatic N) is 5. The first kappa shape index (κ1) is 18.1. The zero-order chi connectivity index (χ0) is 20.3. The van der Waals surface area contributed by atoms with Crippen molar-refractivity contribution < 1.29 is 9.53 Å². The Morgan fingerprint density at radius 2 is 2.00 bits per heavy atom. The molecule has 1 unspecified atom stereocenters. The second-order valence-corrected chi connectivity index (χ2v) is 9.26. The molecular weight excluding hydrogens is 378 g/mol. The summed E-state index contributed by atoms with van der Waals surface area (Å²) in [7, 11) is 0. The lowest BCUT2D eigenvalue weighted by Crippen LogP contribution is -2.53. The van der Waals surface area contributed by atoms with Gasteiger partial charge in [-0.2, -0.15) is 9.61 Å². The summed E-state index contributed by atoms with van der Waals surface area (Å²) in [6, 6.07) is 4.12. The number of amides is 1. The highest BCUT2D eigenvalue weighted by molar-refractivity contribution is 5.88. The Kier molecular flexibility index (Phi) is 3.87. The molecule has 1 aliphatic carbocycles. The van der Waals surface area contributed by atoms with Crippen LogP contribution in [0.2, 0.25) is 0 Å². The molecule has 0 aromatic carbocycles. The summed E-state index contributed by atoms with van der Waals surface area (Å²) < 4.78 is 8.39. The van der Waals surface area contributed by atoms with Gasteiger partial charge in [0.1, 0.15) is 12.0 Å². The maximum absolute atomic E-state index is 13.7. The molecule has 3 aliphatic heterocycles. The van der Waals surface area contributed by atoms with Gasteiger partial charge in [-0.1, -0.05) is 31.2 Å². The van der Waals surface area contributed by atoms with Crippen molar-refractivity contribution in [1.82, 2.24) is 19.5 Å². The molecule has 2 aromatic rings. The van der Waals surface area contributed by atoms with Gasteiger partial charge in [-0.25, -0.2) is 4.98 Å². The van der Waals surface area contributed by atoms with E-state index in [1.807, 2.05) is 22.8 Å². The van der Waals surface area contributed by atoms with Crippen LogP contribution in [0.1, 0.15) is 39.0 Å². The lowest BCUT2D eigenvalue weighted by Gasteiger charge is -2.40. The van der Waals surface area contributed by atoms with Gasteiger partial charge in [-0.3, -0.25) is 4.79 Å². The van der Waals surface area contributed by atoms with Crippen LogP contribution >= 0.6 is 0 Å². The van der Waals surface area contributed by atoms with Crippen molar-refractivity contribution in [3.8, 4) is 0 Å². The fourth-order valence-corrected chi connectivity index (χ4v) is 5.84. The molecule has 4 aliphatic rings. The quantitative estimate of drug-likeness (QED) is 0.769. The van der Waals surface area contributed by atoms with Gasteiger partial charge in [-0.05, 0) is 25.3 Å². The number of rotatable bonds is 2. The van der Waals surface area contributed by atoms with E-state index in [9.17, 15) is 4.79 Å². The Morgan fingerprint density at radius 1 is 1.13 bits per heavy atom. The molecule has 0 N–H and O–H groups in total. The molecule has 3 saturated heterocycles. The summed E-state index contributed by atoms with van der Waals surface area (Å²) in [5.41, 5.74) is 0.172. The summed E-state index contributed by atoms with van der Waals surface area (Å²) in [6.07, 6.45) is 16.6. The number of anilines is 1. The monoisotopic (exact) mass is 405 g/mol. The van der Waals surface area contributed by atoms with Crippen LogP contribution in [0.5, 0.6) is 0 Å². The largest absolute Gasteiger partial charge is 0.356 e. The molecule has 5 heterocycles. The SMILES string of the molecule is CC1([C@@H]2CC[C@H]3OC4(CCN(c5ccnc6ccnn56)CC4)C(=O)N23)C=CC=CC1. The van der Waals surface area contributed by atoms with Crippen LogP contribution in [-0.4, -0.2) is 56.4 Å². The highest BCUT2D eigenvalue weighted by Gasteiger charge is 2.60. The average molecular weight is 406 g/mol. The van der Waals surface area contributed by atoms with Crippen LogP contribution in [0.3, 0.4) is 0 Å². The molecule has 1 spiro atoms. The lowest BCUT2D eigenvalue weighted by atomic mass is 9.75. The number of hydrogen-bond donors (Lipinski definition) is 0. The van der Waals surface area contributed by atoms with E-state index in [1.54, 1.807) is 6.20 Å². The summed E-state index contributed by atoms with van der Waals surface area (Å²) in [5, 5.41) is 4.41. The van der Waals surface area contributed by atoms with Crippen LogP contribution < -0.4 is 4.90 Å². The molecule has 7 heteroatoms. The van der Waals surface area contributed by atoms with E-state index in [0.717, 1.165) is 43.8 Å². The second-order valence-electron chi connectivity index (χ2n) is 9.26. The van der Waals surface area contributed by atoms with Gasteiger partial charge in [0, 0.05) is 49.7 Å². The fourth-order valence-electron chi connectivity index (χ4n) is 5.84. The fraction of sp³-hybridized carbons (Fsp3) is 0.522. The van der Waals surface area contributed by atoms with Crippen molar-refractivity contribution >= 4 is 17.4 Å². The van der Waals surface area contributed by atoms with E-state index in [0.29, 0.717) is 12.8 Å². The number of carbonyl (C=O) groups excluding carboxylic acids is 1. The number of carbonyl (C=O) groups is 1. The number of ether oxygens (including phenoxy) is 1. The zero-order valence-electron chi connectivity index (χ0n) is 17.3. The Balaban J connectivity index is 1.22. The van der Waals surface area contributed by atoms with E-state index in [2.05, 4.69) is 51.1 Å². The average Bonchev–Trinajstić information content (AvgIpc) is 3.46. The molecule has 2 aromatic heterocycles. The molecule has 7 nitrogen and oxygen atoms in total. The number of hydrogen-bond acceptors (Lipinski definition) is 5. The van der Waals surface area contributed by atoms with Crippen LogP contribution in [0.25, 0.3) is 5.65 Å². The number of allylic oxidation sites excluding steroid dienone is 3. The molecule has 0 bridgehead atoms. The third-order valence-electron chi connectivity index (χ3n) is 7.53. The first-order valence-corrected chi connectivity index (χ1v) is 11.0. The van der Waals surface area contributed by atoms with Gasteiger partial charge < -0.3 is 14.5 Å². The summed E-state index contributed by atoms with van der Waals surface area (Å²) in [4.78, 5) is 22.4. The Hall–Kier alpha value is -2.67. The maximum Gasteiger partial charge on any atom is 0.257 e. The van der Waals surface area contributed by atoms with E-state index in [1.165, 1.54) is 0 Å². The normalized spacial score (nSPS) is 32.5. The standard InChI is InChI=1S/C23H27N5O2/c1-22(9-3-2-4-10-22)17-5-6-20-27(17)21(29)23(30-20)11-15-26(16-12-23)19-8-13-24-18-7-14-25-28(18)19/h2-4,7-9,13-14,17,20H,5-6,10-12,15-16H2,1H3/t17-,20+,22?/m0/s1. The van der Waals surface area contributed by atoms with Crippen LogP contribution in [0.15, 0.2) is 48.8 Å². The van der Waals surface area contributed by atoms with Gasteiger partial charge in [-0.15, -0.1) is 0 Å². The Bertz CT molecular complexity index is 1050. The molecule has 0 saturated carbocycles. The Labute approximate surface area is 176 Å². The lowest BCUT2D eigenvalue weighted by molar-refractivity contribution is -0.141. The first-order chi connectivity index (χ1) is 14.6. The van der Waals surface area contributed by atoms with Crippen LogP contribution in [-0.2, 0) is 9.53 Å². The van der Waals surface area contributed by atoms with E-state index in [-0.39, 0.29) is 23.6 Å². The van der Waals surface area contributed by atoms with Gasteiger partial charge in [0.25, 0.3) is 5.91 Å². The highest BCUT2D eigenvalue weighted by atomic mass is 16.6. The smallest absolute Gasteiger partial charge is 0.257 e. The van der Waals surface area contributed by atoms with Gasteiger partial charge in [0.05, 0.1) is 6.20 Å². The van der Waals surface area contributed by atoms with Gasteiger partial charge in [0.2, 0.25) is 0 Å². The molecule has 156 valence electrons. The van der Waals surface area contributed by atoms with Crippen molar-refractivity contribution in [3.63, 3.8) is 0 Å². The van der Waals surface area contributed by atoms with Crippen molar-refractivity contribution in [1.29, 1.82) is 0 Å². The van der Waals surface area contributed by atoms with E-state index in [4.69, 9.17) is 4.74 Å². The molecule has 1 amide bonds. The number of fused-ring (bicyclic) bond motifs is 2. The Morgan fingerprint density at radius 3 is 2.80 bits per heavy atom. The first-order valence-electron chi connectivity index (χ1n) is 11.0. The minimum atomic E-state index is -0.666. The predicted molar refractivity (Wildman–Crippen MR) is 113 cm³/mol. The minimum Gasteiger partial charge on any atom is -0.356 e. The topological polar surface area (TPSA) is 63.0 Å². The highest BCUT2D eigenvalue weighted by Crippen LogP contribution is 2.49. The zero-order valence-corrected chi connectivity index (χ0v) is 17.3. The molecule has 6 rings (SSSR count). The van der Waals surface area contributed by atoms with Crippen LogP contribution in [0, 0.1) is 5.41 Å². The van der Waals surface area contributed by atoms with Crippen LogP contribution in [0.4, 0.5) is 5.82 Å². The molecule has 3 atom stereocenters. The van der Waals surface area contributed by atoms with Gasteiger partial charge >= 0.3 is 0 Å². The summed E-state index contributed by atoms with van der Waals surface area (Å²) in [6.45, 7) is 3.82.